The quantitative estimate of drug-likeness (QED) is 0.749. The maximum Gasteiger partial charge on any atom is 0.0434 e. The van der Waals surface area contributed by atoms with Gasteiger partial charge in [-0.05, 0) is 30.9 Å². The lowest BCUT2D eigenvalue weighted by molar-refractivity contribution is 0.197. The van der Waals surface area contributed by atoms with Crippen LogP contribution in [-0.4, -0.2) is 29.7 Å². The molecule has 0 aliphatic carbocycles. The molecule has 17 heavy (non-hydrogen) atoms. The van der Waals surface area contributed by atoms with Crippen LogP contribution < -0.4 is 0 Å². The van der Waals surface area contributed by atoms with Gasteiger partial charge in [0.15, 0.2) is 0 Å². The van der Waals surface area contributed by atoms with E-state index >= 15 is 0 Å². The Morgan fingerprint density at radius 2 is 1.94 bits per heavy atom. The van der Waals surface area contributed by atoms with Crippen LogP contribution in [0.2, 0.25) is 0 Å². The molecule has 0 aliphatic heterocycles. The first-order valence-corrected chi connectivity index (χ1v) is 6.63. The summed E-state index contributed by atoms with van der Waals surface area (Å²) in [6, 6.07) is 10.6. The second-order valence-corrected chi connectivity index (χ2v) is 4.84. The molecule has 1 rings (SSSR count). The molecule has 2 heteroatoms. The molecule has 0 fully saturated rings. The van der Waals surface area contributed by atoms with E-state index in [9.17, 15) is 0 Å². The van der Waals surface area contributed by atoms with Crippen LogP contribution in [0.25, 0.3) is 0 Å². The van der Waals surface area contributed by atoms with E-state index in [0.717, 1.165) is 26.1 Å². The van der Waals surface area contributed by atoms with E-state index in [2.05, 4.69) is 49.1 Å². The fraction of sp³-hybridized carbons (Fsp3) is 0.600. The average Bonchev–Trinajstić information content (AvgIpc) is 2.31. The van der Waals surface area contributed by atoms with Gasteiger partial charge in [-0.1, -0.05) is 44.2 Å². The minimum atomic E-state index is 0.298. The summed E-state index contributed by atoms with van der Waals surface area (Å²) in [6.45, 7) is 7.95. The highest BCUT2D eigenvalue weighted by atomic mass is 16.3. The van der Waals surface area contributed by atoms with Crippen LogP contribution >= 0.6 is 0 Å². The minimum Gasteiger partial charge on any atom is -0.396 e. The summed E-state index contributed by atoms with van der Waals surface area (Å²) in [5.41, 5.74) is 1.37. The lowest BCUT2D eigenvalue weighted by atomic mass is 10.1. The molecule has 1 N–H and O–H groups in total. The van der Waals surface area contributed by atoms with E-state index in [0.29, 0.717) is 12.5 Å². The Balaban J connectivity index is 2.48. The van der Waals surface area contributed by atoms with Crippen molar-refractivity contribution >= 4 is 0 Å². The maximum absolute atomic E-state index is 8.95. The molecular formula is C15H25NO. The summed E-state index contributed by atoms with van der Waals surface area (Å²) in [7, 11) is 0. The van der Waals surface area contributed by atoms with Gasteiger partial charge in [-0.3, -0.25) is 4.90 Å². The first-order valence-electron chi connectivity index (χ1n) is 6.63. The molecule has 2 nitrogen and oxygen atoms in total. The minimum absolute atomic E-state index is 0.298. The second-order valence-electron chi connectivity index (χ2n) is 4.84. The van der Waals surface area contributed by atoms with Crippen LogP contribution in [0.3, 0.4) is 0 Å². The van der Waals surface area contributed by atoms with E-state index in [1.807, 2.05) is 0 Å². The predicted molar refractivity (Wildman–Crippen MR) is 72.9 cm³/mol. The summed E-state index contributed by atoms with van der Waals surface area (Å²) in [5.74, 6) is 0.565. The summed E-state index contributed by atoms with van der Waals surface area (Å²) in [6.07, 6.45) is 2.08. The molecule has 0 saturated heterocycles. The normalized spacial score (nSPS) is 12.9. The summed E-state index contributed by atoms with van der Waals surface area (Å²) >= 11 is 0. The van der Waals surface area contributed by atoms with Gasteiger partial charge in [0.25, 0.3) is 0 Å². The number of benzene rings is 1. The van der Waals surface area contributed by atoms with E-state index in [4.69, 9.17) is 5.11 Å². The summed E-state index contributed by atoms with van der Waals surface area (Å²) in [5, 5.41) is 8.95. The lowest BCUT2D eigenvalue weighted by Gasteiger charge is -2.25. The van der Waals surface area contributed by atoms with Gasteiger partial charge >= 0.3 is 0 Å². The van der Waals surface area contributed by atoms with Gasteiger partial charge in [0, 0.05) is 19.7 Å². The van der Waals surface area contributed by atoms with Crippen molar-refractivity contribution in [1.29, 1.82) is 0 Å². The van der Waals surface area contributed by atoms with E-state index in [-0.39, 0.29) is 0 Å². The number of aliphatic hydroxyl groups excluding tert-OH is 1. The molecule has 1 atom stereocenters. The fourth-order valence-corrected chi connectivity index (χ4v) is 2.15. The molecular weight excluding hydrogens is 210 g/mol. The highest BCUT2D eigenvalue weighted by Gasteiger charge is 2.09. The van der Waals surface area contributed by atoms with Gasteiger partial charge in [0.1, 0.15) is 0 Å². The van der Waals surface area contributed by atoms with E-state index in [1.54, 1.807) is 0 Å². The molecule has 0 heterocycles. The predicted octanol–water partition coefficient (Wildman–Crippen LogP) is 2.92. The van der Waals surface area contributed by atoms with Crippen molar-refractivity contribution in [2.75, 3.05) is 19.7 Å². The third-order valence-electron chi connectivity index (χ3n) is 2.98. The molecule has 0 bridgehead atoms. The molecule has 0 aromatic heterocycles. The van der Waals surface area contributed by atoms with Crippen molar-refractivity contribution in [3.05, 3.63) is 35.9 Å². The molecule has 1 aromatic carbocycles. The molecule has 0 radical (unpaired) electrons. The first kappa shape index (κ1) is 14.2. The zero-order chi connectivity index (χ0) is 12.5. The van der Waals surface area contributed by atoms with Crippen molar-refractivity contribution < 1.29 is 5.11 Å². The van der Waals surface area contributed by atoms with Crippen molar-refractivity contribution in [2.45, 2.75) is 33.2 Å². The van der Waals surface area contributed by atoms with Gasteiger partial charge in [-0.25, -0.2) is 0 Å². The Morgan fingerprint density at radius 3 is 2.53 bits per heavy atom. The van der Waals surface area contributed by atoms with Crippen LogP contribution in [0.15, 0.2) is 30.3 Å². The summed E-state index contributed by atoms with van der Waals surface area (Å²) in [4.78, 5) is 2.48. The van der Waals surface area contributed by atoms with E-state index in [1.165, 1.54) is 12.0 Å². The molecule has 0 spiro atoms. The van der Waals surface area contributed by atoms with Crippen molar-refractivity contribution in [3.63, 3.8) is 0 Å². The first-order chi connectivity index (χ1) is 8.26. The van der Waals surface area contributed by atoms with Crippen LogP contribution in [0.1, 0.15) is 32.3 Å². The van der Waals surface area contributed by atoms with Crippen molar-refractivity contribution in [3.8, 4) is 0 Å². The smallest absolute Gasteiger partial charge is 0.0434 e. The van der Waals surface area contributed by atoms with Gasteiger partial charge < -0.3 is 5.11 Å². The van der Waals surface area contributed by atoms with Gasteiger partial charge in [-0.15, -0.1) is 0 Å². The van der Waals surface area contributed by atoms with E-state index < -0.39 is 0 Å². The van der Waals surface area contributed by atoms with Gasteiger partial charge in [0.05, 0.1) is 0 Å². The summed E-state index contributed by atoms with van der Waals surface area (Å²) < 4.78 is 0. The zero-order valence-corrected chi connectivity index (χ0v) is 11.1. The molecule has 0 amide bonds. The van der Waals surface area contributed by atoms with Gasteiger partial charge in [0.2, 0.25) is 0 Å². The van der Waals surface area contributed by atoms with Gasteiger partial charge in [-0.2, -0.15) is 0 Å². The van der Waals surface area contributed by atoms with Crippen LogP contribution in [0, 0.1) is 5.92 Å². The largest absolute Gasteiger partial charge is 0.396 e. The molecule has 1 aromatic rings. The average molecular weight is 235 g/mol. The molecule has 0 saturated carbocycles. The molecule has 96 valence electrons. The number of nitrogens with zero attached hydrogens (tertiary/aromatic N) is 1. The Hall–Kier alpha value is -0.860. The third kappa shape index (κ3) is 5.85. The lowest BCUT2D eigenvalue weighted by Crippen LogP contribution is -2.29. The van der Waals surface area contributed by atoms with Crippen molar-refractivity contribution in [2.24, 2.45) is 5.92 Å². The number of hydrogen-bond acceptors (Lipinski definition) is 2. The number of hydrogen-bond donors (Lipinski definition) is 1. The van der Waals surface area contributed by atoms with Crippen LogP contribution in [0.4, 0.5) is 0 Å². The third-order valence-corrected chi connectivity index (χ3v) is 2.98. The topological polar surface area (TPSA) is 23.5 Å². The Labute approximate surface area is 105 Å². The standard InChI is InChI=1S/C15H25NO/c1-3-10-16(12-14(2)9-11-17)13-15-7-5-4-6-8-15/h4-8,14,17H,3,9-13H2,1-2H3/t14-/m0/s1. The highest BCUT2D eigenvalue weighted by Crippen LogP contribution is 2.10. The Bertz CT molecular complexity index is 286. The number of rotatable bonds is 8. The fourth-order valence-electron chi connectivity index (χ4n) is 2.15. The highest BCUT2D eigenvalue weighted by molar-refractivity contribution is 5.14. The maximum atomic E-state index is 8.95. The number of aliphatic hydroxyl groups is 1. The molecule has 0 unspecified atom stereocenters. The Kier molecular flexibility index (Phi) is 6.90. The SMILES string of the molecule is CCCN(Cc1ccccc1)C[C@@H](C)CCO. The Morgan fingerprint density at radius 1 is 1.24 bits per heavy atom. The molecule has 0 aliphatic rings. The van der Waals surface area contributed by atoms with Crippen LogP contribution in [0.5, 0.6) is 0 Å². The second kappa shape index (κ2) is 8.26. The van der Waals surface area contributed by atoms with Crippen LogP contribution in [-0.2, 0) is 6.54 Å². The zero-order valence-electron chi connectivity index (χ0n) is 11.1. The monoisotopic (exact) mass is 235 g/mol. The van der Waals surface area contributed by atoms with Crippen molar-refractivity contribution in [1.82, 2.24) is 4.90 Å².